The van der Waals surface area contributed by atoms with Crippen molar-refractivity contribution in [2.75, 3.05) is 38.7 Å². The Morgan fingerprint density at radius 1 is 0.933 bits per heavy atom. The fourth-order valence-corrected chi connectivity index (χ4v) is 5.19. The maximum absolute atomic E-state index is 15.2. The first-order valence-corrected chi connectivity index (χ1v) is 15.2. The number of methoxy groups -OCH3 is 1. The fraction of sp³-hybridized carbons (Fsp3) is 0.382. The zero-order valence-electron chi connectivity index (χ0n) is 25.8. The lowest BCUT2D eigenvalue weighted by Crippen LogP contribution is -2.39. The first-order valence-electron chi connectivity index (χ1n) is 15.2. The number of halogens is 2. The van der Waals surface area contributed by atoms with Gasteiger partial charge in [0.15, 0.2) is 23.1 Å². The Balaban J connectivity index is 1.25. The molecule has 5 rings (SSSR count). The molecule has 11 heteroatoms. The van der Waals surface area contributed by atoms with Crippen LogP contribution in [0.2, 0.25) is 0 Å². The minimum atomic E-state index is -1.24. The predicted molar refractivity (Wildman–Crippen MR) is 168 cm³/mol. The van der Waals surface area contributed by atoms with Crippen molar-refractivity contribution >= 4 is 28.4 Å². The minimum absolute atomic E-state index is 0.0559. The van der Waals surface area contributed by atoms with E-state index in [0.717, 1.165) is 32.1 Å². The summed E-state index contributed by atoms with van der Waals surface area (Å²) in [5.74, 6) is -0.559. The van der Waals surface area contributed by atoms with Crippen LogP contribution < -0.4 is 24.8 Å². The second-order valence-electron chi connectivity index (χ2n) is 11.1. The number of pyridine rings is 1. The summed E-state index contributed by atoms with van der Waals surface area (Å²) < 4.78 is 46.0. The van der Waals surface area contributed by atoms with Crippen LogP contribution in [0.3, 0.4) is 0 Å². The second kappa shape index (κ2) is 14.1. The molecule has 0 atom stereocenters. The van der Waals surface area contributed by atoms with Gasteiger partial charge in [0.05, 0.1) is 19.2 Å². The molecule has 1 heterocycles. The molecule has 2 N–H and O–H groups in total. The molecule has 0 saturated heterocycles. The quantitative estimate of drug-likeness (QED) is 0.154. The highest BCUT2D eigenvalue weighted by Gasteiger charge is 2.56. The van der Waals surface area contributed by atoms with Gasteiger partial charge in [0.25, 0.3) is 0 Å². The molecular weight excluding hydrogens is 582 g/mol. The number of nitrogens with zero attached hydrogens (tertiary/aromatic N) is 2. The number of fused-ring (bicyclic) bond motifs is 1. The first kappa shape index (κ1) is 31.9. The molecular formula is C34H38F2N4O5. The van der Waals surface area contributed by atoms with Crippen LogP contribution in [0.15, 0.2) is 66.3 Å². The lowest BCUT2D eigenvalue weighted by atomic mass is 10.0. The van der Waals surface area contributed by atoms with E-state index >= 15 is 4.39 Å². The van der Waals surface area contributed by atoms with Crippen molar-refractivity contribution < 1.29 is 32.6 Å². The van der Waals surface area contributed by atoms with Crippen LogP contribution in [0.25, 0.3) is 10.9 Å². The van der Waals surface area contributed by atoms with Crippen molar-refractivity contribution in [2.45, 2.75) is 46.0 Å². The van der Waals surface area contributed by atoms with E-state index in [1.54, 1.807) is 31.5 Å². The summed E-state index contributed by atoms with van der Waals surface area (Å²) in [5, 5.41) is 6.00. The smallest absolute Gasteiger partial charge is 0.240 e. The second-order valence-corrected chi connectivity index (χ2v) is 11.1. The number of aromatic nitrogens is 1. The van der Waals surface area contributed by atoms with Gasteiger partial charge < -0.3 is 29.7 Å². The molecule has 1 aromatic heterocycles. The molecule has 0 bridgehead atoms. The third-order valence-corrected chi connectivity index (χ3v) is 8.16. The molecule has 1 fully saturated rings. The number of allylic oxidation sites excluding steroid dienone is 4. The summed E-state index contributed by atoms with van der Waals surface area (Å²) in [7, 11) is 1.55. The maximum Gasteiger partial charge on any atom is 0.240 e. The van der Waals surface area contributed by atoms with Crippen molar-refractivity contribution in [3.63, 3.8) is 0 Å². The SMILES string of the molecule is CCN(CC)CCCOc1cc2nccc(Oc3ccc(NC(=O)C4(C(=O)NC5=CC=C(F)CC5)CC4)cc3F)c2cc1OC. The number of hydrogen-bond donors (Lipinski definition) is 2. The van der Waals surface area contributed by atoms with E-state index < -0.39 is 23.0 Å². The standard InChI is InChI=1S/C34H38F2N4O5/c1-4-40(5-2)17-6-18-44-31-21-27-25(20-30(31)43-3)28(13-16-37-27)45-29-12-11-24(19-26(29)36)39-33(42)34(14-15-34)32(41)38-23-9-7-22(35)8-10-23/h7,9,11-13,16,19-21H,4-6,8,10,14-15,17-18H2,1-3H3,(H,38,41)(H,39,42). The number of carbonyl (C=O) groups excluding carboxylic acids is 2. The minimum Gasteiger partial charge on any atom is -0.493 e. The zero-order valence-corrected chi connectivity index (χ0v) is 25.8. The Labute approximate surface area is 261 Å². The van der Waals surface area contributed by atoms with E-state index in [9.17, 15) is 14.0 Å². The molecule has 2 amide bonds. The summed E-state index contributed by atoms with van der Waals surface area (Å²) in [6, 6.07) is 9.22. The Kier molecular flexibility index (Phi) is 9.97. The topological polar surface area (TPSA) is 102 Å². The van der Waals surface area contributed by atoms with Crippen LogP contribution in [-0.2, 0) is 9.59 Å². The molecule has 238 valence electrons. The zero-order chi connectivity index (χ0) is 32.0. The largest absolute Gasteiger partial charge is 0.493 e. The van der Waals surface area contributed by atoms with E-state index in [2.05, 4.69) is 34.4 Å². The summed E-state index contributed by atoms with van der Waals surface area (Å²) in [6.45, 7) is 7.69. The maximum atomic E-state index is 15.2. The summed E-state index contributed by atoms with van der Waals surface area (Å²) in [4.78, 5) is 32.7. The number of carbonyl (C=O) groups is 2. The summed E-state index contributed by atoms with van der Waals surface area (Å²) in [5.41, 5.74) is 0.100. The van der Waals surface area contributed by atoms with Crippen molar-refractivity contribution in [1.29, 1.82) is 0 Å². The molecule has 45 heavy (non-hydrogen) atoms. The van der Waals surface area contributed by atoms with E-state index in [1.165, 1.54) is 24.3 Å². The molecule has 3 aromatic rings. The Morgan fingerprint density at radius 3 is 2.38 bits per heavy atom. The third-order valence-electron chi connectivity index (χ3n) is 8.16. The van der Waals surface area contributed by atoms with Crippen molar-refractivity contribution in [2.24, 2.45) is 5.41 Å². The number of rotatable bonds is 14. The van der Waals surface area contributed by atoms with Gasteiger partial charge in [0.1, 0.15) is 17.0 Å². The monoisotopic (exact) mass is 620 g/mol. The molecule has 0 unspecified atom stereocenters. The van der Waals surface area contributed by atoms with Crippen LogP contribution in [0.5, 0.6) is 23.0 Å². The number of hydrogen-bond acceptors (Lipinski definition) is 7. The highest BCUT2D eigenvalue weighted by Crippen LogP contribution is 2.47. The van der Waals surface area contributed by atoms with Gasteiger partial charge in [-0.3, -0.25) is 14.6 Å². The van der Waals surface area contributed by atoms with Gasteiger partial charge in [-0.05, 0) is 75.2 Å². The molecule has 2 aromatic carbocycles. The van der Waals surface area contributed by atoms with E-state index in [1.807, 2.05) is 0 Å². The van der Waals surface area contributed by atoms with Crippen LogP contribution in [0, 0.1) is 11.2 Å². The normalized spacial score (nSPS) is 15.2. The number of anilines is 1. The van der Waals surface area contributed by atoms with E-state index in [4.69, 9.17) is 14.2 Å². The van der Waals surface area contributed by atoms with Gasteiger partial charge in [0.2, 0.25) is 11.8 Å². The molecule has 9 nitrogen and oxygen atoms in total. The van der Waals surface area contributed by atoms with Crippen molar-refractivity contribution in [3.8, 4) is 23.0 Å². The predicted octanol–water partition coefficient (Wildman–Crippen LogP) is 6.65. The molecule has 1 saturated carbocycles. The third kappa shape index (κ3) is 7.42. The van der Waals surface area contributed by atoms with Crippen molar-refractivity contribution in [3.05, 3.63) is 72.1 Å². The Hall–Kier alpha value is -4.51. The molecule has 0 spiro atoms. The fourth-order valence-electron chi connectivity index (χ4n) is 5.19. The molecule has 2 aliphatic rings. The molecule has 0 aliphatic heterocycles. The lowest BCUT2D eigenvalue weighted by Gasteiger charge is -2.18. The average Bonchev–Trinajstić information content (AvgIpc) is 3.86. The highest BCUT2D eigenvalue weighted by molar-refractivity contribution is 6.13. The van der Waals surface area contributed by atoms with Gasteiger partial charge in [0, 0.05) is 48.1 Å². The van der Waals surface area contributed by atoms with Crippen LogP contribution in [0.4, 0.5) is 14.5 Å². The van der Waals surface area contributed by atoms with E-state index in [-0.39, 0.29) is 23.7 Å². The van der Waals surface area contributed by atoms with E-state index in [0.29, 0.717) is 59.7 Å². The van der Waals surface area contributed by atoms with Gasteiger partial charge in [-0.25, -0.2) is 8.78 Å². The number of amides is 2. The summed E-state index contributed by atoms with van der Waals surface area (Å²) >= 11 is 0. The van der Waals surface area contributed by atoms with Crippen LogP contribution in [0.1, 0.15) is 46.0 Å². The van der Waals surface area contributed by atoms with Gasteiger partial charge in [-0.15, -0.1) is 0 Å². The van der Waals surface area contributed by atoms with Crippen molar-refractivity contribution in [1.82, 2.24) is 15.2 Å². The van der Waals surface area contributed by atoms with Crippen LogP contribution in [-0.4, -0.2) is 55.0 Å². The molecule has 0 radical (unpaired) electrons. The Bertz CT molecular complexity index is 1630. The van der Waals surface area contributed by atoms with Gasteiger partial charge >= 0.3 is 0 Å². The highest BCUT2D eigenvalue weighted by atomic mass is 19.1. The van der Waals surface area contributed by atoms with Gasteiger partial charge in [-0.2, -0.15) is 0 Å². The lowest BCUT2D eigenvalue weighted by molar-refractivity contribution is -0.133. The first-order chi connectivity index (χ1) is 21.8. The summed E-state index contributed by atoms with van der Waals surface area (Å²) in [6.07, 6.45) is 6.53. The number of ether oxygens (including phenoxy) is 3. The van der Waals surface area contributed by atoms with Crippen LogP contribution >= 0.6 is 0 Å². The molecule has 2 aliphatic carbocycles. The Morgan fingerprint density at radius 2 is 1.71 bits per heavy atom. The number of benzene rings is 2. The average molecular weight is 621 g/mol. The number of nitrogens with one attached hydrogen (secondary N) is 2. The van der Waals surface area contributed by atoms with Gasteiger partial charge in [-0.1, -0.05) is 13.8 Å².